The first-order valence-electron chi connectivity index (χ1n) is 6.05. The lowest BCUT2D eigenvalue weighted by atomic mass is 10.1. The molecule has 0 fully saturated rings. The minimum absolute atomic E-state index is 0.0339. The molecule has 3 nitrogen and oxygen atoms in total. The monoisotopic (exact) mass is 270 g/mol. The number of thioether (sulfide) groups is 1. The van der Waals surface area contributed by atoms with Crippen molar-refractivity contribution in [3.8, 4) is 6.07 Å². The van der Waals surface area contributed by atoms with Crippen LogP contribution in [0.2, 0.25) is 0 Å². The van der Waals surface area contributed by atoms with Crippen molar-refractivity contribution in [3.63, 3.8) is 0 Å². The number of benzene rings is 2. The molecule has 0 atom stereocenters. The molecule has 2 rings (SSSR count). The Hall–Kier alpha value is -1.99. The molecule has 19 heavy (non-hydrogen) atoms. The molecule has 0 bridgehead atoms. The highest BCUT2D eigenvalue weighted by Gasteiger charge is 2.02. The number of rotatable bonds is 5. The van der Waals surface area contributed by atoms with Gasteiger partial charge in [0.25, 0.3) is 0 Å². The van der Waals surface area contributed by atoms with E-state index in [2.05, 4.69) is 29.6 Å². The zero-order valence-electron chi connectivity index (χ0n) is 10.4. The summed E-state index contributed by atoms with van der Waals surface area (Å²) >= 11 is 1.51. The molecule has 0 saturated carbocycles. The van der Waals surface area contributed by atoms with Crippen LogP contribution in [0.3, 0.4) is 0 Å². The summed E-state index contributed by atoms with van der Waals surface area (Å²) in [4.78, 5) is 12.6. The van der Waals surface area contributed by atoms with Crippen LogP contribution in [-0.4, -0.2) is 18.2 Å². The third-order valence-corrected chi connectivity index (χ3v) is 3.64. The molecule has 0 aliphatic carbocycles. The van der Waals surface area contributed by atoms with Crippen LogP contribution in [0, 0.1) is 11.3 Å². The van der Waals surface area contributed by atoms with Crippen molar-refractivity contribution in [2.45, 2.75) is 11.3 Å². The second-order valence-electron chi connectivity index (χ2n) is 4.06. The van der Waals surface area contributed by atoms with E-state index in [1.807, 2.05) is 24.3 Å². The van der Waals surface area contributed by atoms with Gasteiger partial charge in [-0.3, -0.25) is 4.79 Å². The molecule has 0 heterocycles. The lowest BCUT2D eigenvalue weighted by Crippen LogP contribution is -2.25. The van der Waals surface area contributed by atoms with Gasteiger partial charge in [-0.05, 0) is 22.9 Å². The van der Waals surface area contributed by atoms with Gasteiger partial charge in [-0.15, -0.1) is 11.8 Å². The van der Waals surface area contributed by atoms with Gasteiger partial charge in [-0.2, -0.15) is 5.26 Å². The third-order valence-electron chi connectivity index (χ3n) is 2.65. The van der Waals surface area contributed by atoms with Crippen LogP contribution in [0.15, 0.2) is 47.4 Å². The average Bonchev–Trinajstić information content (AvgIpc) is 2.45. The van der Waals surface area contributed by atoms with Crippen molar-refractivity contribution in [2.24, 2.45) is 0 Å². The Kier molecular flexibility index (Phi) is 4.82. The molecular weight excluding hydrogens is 256 g/mol. The molecule has 0 unspecified atom stereocenters. The van der Waals surface area contributed by atoms with Gasteiger partial charge in [-0.1, -0.05) is 30.3 Å². The maximum Gasteiger partial charge on any atom is 0.230 e. The van der Waals surface area contributed by atoms with Crippen molar-refractivity contribution in [1.82, 2.24) is 5.32 Å². The summed E-state index contributed by atoms with van der Waals surface area (Å²) in [5.41, 5.74) is 0. The van der Waals surface area contributed by atoms with Gasteiger partial charge in [0.2, 0.25) is 5.91 Å². The van der Waals surface area contributed by atoms with Crippen molar-refractivity contribution in [2.75, 3.05) is 12.3 Å². The Morgan fingerprint density at radius 3 is 2.79 bits per heavy atom. The van der Waals surface area contributed by atoms with Gasteiger partial charge in [0.1, 0.15) is 0 Å². The molecule has 0 aliphatic rings. The number of carbonyl (C=O) groups is 1. The van der Waals surface area contributed by atoms with Crippen LogP contribution in [0.25, 0.3) is 10.8 Å². The third kappa shape index (κ3) is 4.01. The van der Waals surface area contributed by atoms with E-state index < -0.39 is 0 Å². The zero-order chi connectivity index (χ0) is 13.5. The number of carbonyl (C=O) groups excluding carboxylic acids is 1. The van der Waals surface area contributed by atoms with Crippen molar-refractivity contribution < 1.29 is 4.79 Å². The molecule has 0 spiro atoms. The van der Waals surface area contributed by atoms with E-state index in [1.54, 1.807) is 0 Å². The molecule has 2 aromatic rings. The topological polar surface area (TPSA) is 52.9 Å². The molecule has 0 aromatic heterocycles. The lowest BCUT2D eigenvalue weighted by Gasteiger charge is -2.04. The van der Waals surface area contributed by atoms with Crippen LogP contribution in [-0.2, 0) is 4.79 Å². The molecule has 1 amide bonds. The van der Waals surface area contributed by atoms with Gasteiger partial charge < -0.3 is 5.32 Å². The zero-order valence-corrected chi connectivity index (χ0v) is 11.2. The highest BCUT2D eigenvalue weighted by atomic mass is 32.2. The van der Waals surface area contributed by atoms with Crippen LogP contribution >= 0.6 is 11.8 Å². The van der Waals surface area contributed by atoms with Gasteiger partial charge in [0.05, 0.1) is 18.2 Å². The largest absolute Gasteiger partial charge is 0.354 e. The Bertz CT molecular complexity index is 619. The average molecular weight is 270 g/mol. The molecule has 4 heteroatoms. The van der Waals surface area contributed by atoms with E-state index in [4.69, 9.17) is 5.26 Å². The Balaban J connectivity index is 1.91. The van der Waals surface area contributed by atoms with Gasteiger partial charge in [0.15, 0.2) is 0 Å². The van der Waals surface area contributed by atoms with E-state index >= 15 is 0 Å². The first-order chi connectivity index (χ1) is 9.29. The molecule has 2 aromatic carbocycles. The number of nitrogens with one attached hydrogen (secondary N) is 1. The molecular formula is C15H14N2OS. The number of nitriles is 1. The summed E-state index contributed by atoms with van der Waals surface area (Å²) in [6.07, 6.45) is 0.354. The van der Waals surface area contributed by atoms with Crippen LogP contribution in [0.5, 0.6) is 0 Å². The van der Waals surface area contributed by atoms with Gasteiger partial charge >= 0.3 is 0 Å². The predicted molar refractivity (Wildman–Crippen MR) is 77.9 cm³/mol. The number of fused-ring (bicyclic) bond motifs is 1. The number of nitrogens with zero attached hydrogens (tertiary/aromatic N) is 1. The summed E-state index contributed by atoms with van der Waals surface area (Å²) in [5, 5.41) is 13.5. The number of hydrogen-bond donors (Lipinski definition) is 1. The Morgan fingerprint density at radius 2 is 2.00 bits per heavy atom. The van der Waals surface area contributed by atoms with E-state index in [0.717, 1.165) is 4.90 Å². The molecule has 1 N–H and O–H groups in total. The first kappa shape index (κ1) is 13.4. The molecule has 96 valence electrons. The number of amides is 1. The highest BCUT2D eigenvalue weighted by Crippen LogP contribution is 2.23. The fourth-order valence-electron chi connectivity index (χ4n) is 1.71. The quantitative estimate of drug-likeness (QED) is 0.671. The van der Waals surface area contributed by atoms with Crippen molar-refractivity contribution in [1.29, 1.82) is 5.26 Å². The fraction of sp³-hybridized carbons (Fsp3) is 0.200. The molecule has 0 saturated heterocycles. The van der Waals surface area contributed by atoms with Crippen LogP contribution < -0.4 is 5.32 Å². The Labute approximate surface area is 116 Å². The summed E-state index contributed by atoms with van der Waals surface area (Å²) in [6, 6.07) is 16.3. The smallest absolute Gasteiger partial charge is 0.230 e. The summed E-state index contributed by atoms with van der Waals surface area (Å²) in [5.74, 6) is 0.345. The first-order valence-corrected chi connectivity index (χ1v) is 7.03. The SMILES string of the molecule is N#CCCNC(=O)CSc1ccc2ccccc2c1. The predicted octanol–water partition coefficient (Wildman–Crippen LogP) is 2.96. The number of hydrogen-bond acceptors (Lipinski definition) is 3. The molecule has 0 radical (unpaired) electrons. The van der Waals surface area contributed by atoms with E-state index in [1.165, 1.54) is 22.5 Å². The summed E-state index contributed by atoms with van der Waals surface area (Å²) in [7, 11) is 0. The molecule has 0 aliphatic heterocycles. The summed E-state index contributed by atoms with van der Waals surface area (Å²) < 4.78 is 0. The van der Waals surface area contributed by atoms with E-state index in [0.29, 0.717) is 18.7 Å². The van der Waals surface area contributed by atoms with Crippen molar-refractivity contribution >= 4 is 28.4 Å². The highest BCUT2D eigenvalue weighted by molar-refractivity contribution is 8.00. The Morgan fingerprint density at radius 1 is 1.21 bits per heavy atom. The minimum atomic E-state index is -0.0339. The maximum absolute atomic E-state index is 11.5. The van der Waals surface area contributed by atoms with E-state index in [-0.39, 0.29) is 5.91 Å². The lowest BCUT2D eigenvalue weighted by molar-refractivity contribution is -0.118. The van der Waals surface area contributed by atoms with Gasteiger partial charge in [0, 0.05) is 11.4 Å². The van der Waals surface area contributed by atoms with Crippen LogP contribution in [0.1, 0.15) is 6.42 Å². The summed E-state index contributed by atoms with van der Waals surface area (Å²) in [6.45, 7) is 0.424. The maximum atomic E-state index is 11.5. The van der Waals surface area contributed by atoms with Gasteiger partial charge in [-0.25, -0.2) is 0 Å². The standard InChI is InChI=1S/C15H14N2OS/c16-8-3-9-17-15(18)11-19-14-7-6-12-4-1-2-5-13(12)10-14/h1-2,4-7,10H,3,9,11H2,(H,17,18). The minimum Gasteiger partial charge on any atom is -0.354 e. The second kappa shape index (κ2) is 6.81. The van der Waals surface area contributed by atoms with Crippen LogP contribution in [0.4, 0.5) is 0 Å². The fourth-order valence-corrected chi connectivity index (χ4v) is 2.49. The second-order valence-corrected chi connectivity index (χ2v) is 5.10. The van der Waals surface area contributed by atoms with E-state index in [9.17, 15) is 4.79 Å². The normalized spacial score (nSPS) is 10.1. The van der Waals surface area contributed by atoms with Crippen molar-refractivity contribution in [3.05, 3.63) is 42.5 Å².